The maximum atomic E-state index is 12.7. The summed E-state index contributed by atoms with van der Waals surface area (Å²) in [6, 6.07) is 6.82. The monoisotopic (exact) mass is 354 g/mol. The molecule has 2 N–H and O–H groups in total. The van der Waals surface area contributed by atoms with Crippen LogP contribution in [0.1, 0.15) is 34.5 Å². The highest BCUT2D eigenvalue weighted by Gasteiger charge is 2.30. The number of carbonyl (C=O) groups excluding carboxylic acids is 1. The number of rotatable bonds is 4. The van der Waals surface area contributed by atoms with Crippen molar-refractivity contribution in [3.63, 3.8) is 0 Å². The summed E-state index contributed by atoms with van der Waals surface area (Å²) in [5.74, 6) is -1.36. The number of phenolic OH excluding ortho intramolecular Hbond substituents is 1. The highest BCUT2D eigenvalue weighted by atomic mass is 19.4. The molecule has 0 fully saturated rings. The molecule has 1 amide bonds. The number of phenols is 1. The van der Waals surface area contributed by atoms with Crippen LogP contribution in [0.4, 0.5) is 18.9 Å². The average molecular weight is 354 g/mol. The lowest BCUT2D eigenvalue weighted by molar-refractivity contribution is -0.385. The van der Waals surface area contributed by atoms with Gasteiger partial charge in [0.25, 0.3) is 5.91 Å². The fourth-order valence-corrected chi connectivity index (χ4v) is 2.17. The van der Waals surface area contributed by atoms with Gasteiger partial charge >= 0.3 is 11.9 Å². The largest absolute Gasteiger partial charge is 0.502 e. The van der Waals surface area contributed by atoms with Crippen molar-refractivity contribution in [3.8, 4) is 5.75 Å². The van der Waals surface area contributed by atoms with E-state index in [1.807, 2.05) is 0 Å². The van der Waals surface area contributed by atoms with Gasteiger partial charge in [-0.05, 0) is 36.8 Å². The molecule has 1 atom stereocenters. The molecule has 2 rings (SSSR count). The summed E-state index contributed by atoms with van der Waals surface area (Å²) in [6.07, 6.45) is -4.50. The number of nitrogens with one attached hydrogen (secondary N) is 1. The number of amides is 1. The third-order valence-electron chi connectivity index (χ3n) is 3.50. The van der Waals surface area contributed by atoms with Crippen molar-refractivity contribution in [2.75, 3.05) is 0 Å². The number of alkyl halides is 3. The minimum atomic E-state index is -4.50. The van der Waals surface area contributed by atoms with Gasteiger partial charge in [0.1, 0.15) is 0 Å². The van der Waals surface area contributed by atoms with Crippen LogP contribution in [0.25, 0.3) is 0 Å². The Balaban J connectivity index is 2.18. The first kappa shape index (κ1) is 18.2. The van der Waals surface area contributed by atoms with E-state index in [2.05, 4.69) is 5.32 Å². The molecule has 2 aromatic carbocycles. The molecule has 0 heterocycles. The van der Waals surface area contributed by atoms with Gasteiger partial charge in [-0.15, -0.1) is 0 Å². The molecule has 1 unspecified atom stereocenters. The first-order valence-corrected chi connectivity index (χ1v) is 7.05. The Morgan fingerprint density at radius 1 is 1.24 bits per heavy atom. The lowest BCUT2D eigenvalue weighted by Crippen LogP contribution is -2.26. The fourth-order valence-electron chi connectivity index (χ4n) is 2.17. The van der Waals surface area contributed by atoms with E-state index in [1.165, 1.54) is 19.1 Å². The van der Waals surface area contributed by atoms with Crippen molar-refractivity contribution in [3.05, 3.63) is 69.3 Å². The lowest BCUT2D eigenvalue weighted by Gasteiger charge is -2.16. The van der Waals surface area contributed by atoms with Crippen LogP contribution >= 0.6 is 0 Å². The second-order valence-electron chi connectivity index (χ2n) is 5.28. The van der Waals surface area contributed by atoms with Crippen LogP contribution in [-0.4, -0.2) is 15.9 Å². The van der Waals surface area contributed by atoms with Crippen molar-refractivity contribution >= 4 is 11.6 Å². The molecule has 0 aliphatic heterocycles. The van der Waals surface area contributed by atoms with Crippen LogP contribution < -0.4 is 5.32 Å². The van der Waals surface area contributed by atoms with E-state index >= 15 is 0 Å². The van der Waals surface area contributed by atoms with E-state index in [0.29, 0.717) is 0 Å². The lowest BCUT2D eigenvalue weighted by atomic mass is 10.0. The normalized spacial score (nSPS) is 12.5. The molecule has 6 nitrogen and oxygen atoms in total. The van der Waals surface area contributed by atoms with Crippen LogP contribution in [0.5, 0.6) is 5.75 Å². The molecule has 0 saturated heterocycles. The van der Waals surface area contributed by atoms with Crippen LogP contribution in [0.2, 0.25) is 0 Å². The Kier molecular flexibility index (Phi) is 4.96. The topological polar surface area (TPSA) is 92.5 Å². The summed E-state index contributed by atoms with van der Waals surface area (Å²) < 4.78 is 38.2. The third-order valence-corrected chi connectivity index (χ3v) is 3.50. The quantitative estimate of drug-likeness (QED) is 0.645. The van der Waals surface area contributed by atoms with Gasteiger partial charge in [-0.2, -0.15) is 13.2 Å². The van der Waals surface area contributed by atoms with Crippen molar-refractivity contribution in [2.45, 2.75) is 19.1 Å². The van der Waals surface area contributed by atoms with Crippen LogP contribution in [0.15, 0.2) is 42.5 Å². The highest BCUT2D eigenvalue weighted by molar-refractivity contribution is 5.95. The number of nitrogens with zero attached hydrogens (tertiary/aromatic N) is 1. The van der Waals surface area contributed by atoms with Gasteiger partial charge in [-0.25, -0.2) is 0 Å². The number of nitro benzene ring substituents is 1. The number of aromatic hydroxyl groups is 1. The minimum absolute atomic E-state index is 0.0538. The Morgan fingerprint density at radius 2 is 1.92 bits per heavy atom. The zero-order valence-corrected chi connectivity index (χ0v) is 12.9. The summed E-state index contributed by atoms with van der Waals surface area (Å²) >= 11 is 0. The van der Waals surface area contributed by atoms with Crippen LogP contribution in [0.3, 0.4) is 0 Å². The summed E-state index contributed by atoms with van der Waals surface area (Å²) in [6.45, 7) is 1.50. The summed E-state index contributed by atoms with van der Waals surface area (Å²) in [4.78, 5) is 22.0. The third kappa shape index (κ3) is 4.25. The summed E-state index contributed by atoms with van der Waals surface area (Å²) in [7, 11) is 0. The molecule has 9 heteroatoms. The molecule has 2 aromatic rings. The second-order valence-corrected chi connectivity index (χ2v) is 5.28. The van der Waals surface area contributed by atoms with Gasteiger partial charge in [0.05, 0.1) is 16.5 Å². The SMILES string of the molecule is CC(NC(=O)c1ccc([N+](=O)[O-])c(O)c1)c1cccc(C(F)(F)F)c1. The number of benzene rings is 2. The smallest absolute Gasteiger partial charge is 0.416 e. The predicted molar refractivity (Wildman–Crippen MR) is 82.1 cm³/mol. The van der Waals surface area contributed by atoms with Crippen molar-refractivity contribution in [1.82, 2.24) is 5.32 Å². The van der Waals surface area contributed by atoms with E-state index in [-0.39, 0.29) is 11.1 Å². The predicted octanol–water partition coefficient (Wildman–Crippen LogP) is 3.81. The average Bonchev–Trinajstić information content (AvgIpc) is 2.53. The molecule has 0 spiro atoms. The zero-order chi connectivity index (χ0) is 18.8. The Hall–Kier alpha value is -3.10. The standard InChI is InChI=1S/C16H13F3N2O4/c1-9(10-3-2-4-12(7-10)16(17,18)19)20-15(23)11-5-6-13(21(24)25)14(22)8-11/h2-9,22H,1H3,(H,20,23). The van der Waals surface area contributed by atoms with Gasteiger partial charge in [-0.3, -0.25) is 14.9 Å². The molecule has 0 radical (unpaired) electrons. The van der Waals surface area contributed by atoms with E-state index < -0.39 is 40.0 Å². The maximum absolute atomic E-state index is 12.7. The molecule has 0 aliphatic carbocycles. The van der Waals surface area contributed by atoms with Crippen molar-refractivity contribution in [2.24, 2.45) is 0 Å². The fraction of sp³-hybridized carbons (Fsp3) is 0.188. The number of halogens is 3. The van der Waals surface area contributed by atoms with Crippen molar-refractivity contribution < 1.29 is 28.0 Å². The molecular formula is C16H13F3N2O4. The molecular weight excluding hydrogens is 341 g/mol. The molecule has 0 saturated carbocycles. The number of hydrogen-bond donors (Lipinski definition) is 2. The van der Waals surface area contributed by atoms with Gasteiger partial charge in [0.15, 0.2) is 5.75 Å². The molecule has 132 valence electrons. The Morgan fingerprint density at radius 3 is 2.48 bits per heavy atom. The summed E-state index contributed by atoms with van der Waals surface area (Å²) in [5, 5.41) is 22.7. The Bertz CT molecular complexity index is 821. The molecule has 0 aromatic heterocycles. The first-order chi connectivity index (χ1) is 11.6. The molecule has 0 aliphatic rings. The maximum Gasteiger partial charge on any atom is 0.416 e. The second kappa shape index (κ2) is 6.80. The van der Waals surface area contributed by atoms with Gasteiger partial charge in [0, 0.05) is 11.6 Å². The van der Waals surface area contributed by atoms with E-state index in [9.17, 15) is 33.2 Å². The zero-order valence-electron chi connectivity index (χ0n) is 12.9. The Labute approximate surface area is 140 Å². The van der Waals surface area contributed by atoms with Gasteiger partial charge < -0.3 is 10.4 Å². The van der Waals surface area contributed by atoms with E-state index in [1.54, 1.807) is 0 Å². The van der Waals surface area contributed by atoms with Crippen LogP contribution in [0, 0.1) is 10.1 Å². The number of hydrogen-bond acceptors (Lipinski definition) is 4. The van der Waals surface area contributed by atoms with E-state index in [4.69, 9.17) is 0 Å². The van der Waals surface area contributed by atoms with E-state index in [0.717, 1.165) is 30.3 Å². The van der Waals surface area contributed by atoms with Crippen molar-refractivity contribution in [1.29, 1.82) is 0 Å². The highest BCUT2D eigenvalue weighted by Crippen LogP contribution is 2.31. The van der Waals surface area contributed by atoms with Gasteiger partial charge in [0.2, 0.25) is 0 Å². The minimum Gasteiger partial charge on any atom is -0.502 e. The van der Waals surface area contributed by atoms with Gasteiger partial charge in [-0.1, -0.05) is 12.1 Å². The number of nitro groups is 1. The van der Waals surface area contributed by atoms with Crippen LogP contribution in [-0.2, 0) is 6.18 Å². The first-order valence-electron chi connectivity index (χ1n) is 7.05. The molecule has 0 bridgehead atoms. The summed E-state index contributed by atoms with van der Waals surface area (Å²) in [5.41, 5.74) is -1.20. The number of carbonyl (C=O) groups is 1. The molecule has 25 heavy (non-hydrogen) atoms.